The molecule has 0 bridgehead atoms. The zero-order valence-corrected chi connectivity index (χ0v) is 19.8. The Labute approximate surface area is 181 Å². The Kier molecular flexibility index (Phi) is 9.83. The molecule has 0 radical (unpaired) electrons. The van der Waals surface area contributed by atoms with Crippen LogP contribution in [0.25, 0.3) is 0 Å². The lowest BCUT2D eigenvalue weighted by Crippen LogP contribution is -2.39. The lowest BCUT2D eigenvalue weighted by atomic mass is 9.98. The highest BCUT2D eigenvalue weighted by atomic mass is 127. The van der Waals surface area contributed by atoms with Crippen molar-refractivity contribution in [3.05, 3.63) is 53.3 Å². The monoisotopic (exact) mass is 483 g/mol. The third-order valence-corrected chi connectivity index (χ3v) is 4.69. The SMILES string of the molecule is CN=C(NCCC(C)c1ccccc1)N(C)Cc1cn(C)nc1C(C)C.I. The summed E-state index contributed by atoms with van der Waals surface area (Å²) in [5.41, 5.74) is 3.80. The minimum Gasteiger partial charge on any atom is -0.356 e. The smallest absolute Gasteiger partial charge is 0.193 e. The van der Waals surface area contributed by atoms with Crippen LogP contribution in [0, 0.1) is 0 Å². The molecule has 1 aromatic heterocycles. The second-order valence-corrected chi connectivity index (χ2v) is 7.30. The molecule has 0 aliphatic carbocycles. The Balaban J connectivity index is 0.00000364. The molecular formula is C21H34IN5. The van der Waals surface area contributed by atoms with Gasteiger partial charge < -0.3 is 10.2 Å². The van der Waals surface area contributed by atoms with Gasteiger partial charge in [0.1, 0.15) is 0 Å². The summed E-state index contributed by atoms with van der Waals surface area (Å²) in [6, 6.07) is 10.7. The van der Waals surface area contributed by atoms with Crippen LogP contribution in [0.1, 0.15) is 55.8 Å². The molecule has 6 heteroatoms. The molecule has 1 unspecified atom stereocenters. The molecule has 0 fully saturated rings. The van der Waals surface area contributed by atoms with Crippen molar-refractivity contribution in [2.45, 2.75) is 45.6 Å². The number of guanidine groups is 1. The van der Waals surface area contributed by atoms with Crippen LogP contribution in [-0.4, -0.2) is 41.3 Å². The Bertz CT molecular complexity index is 709. The maximum absolute atomic E-state index is 4.60. The minimum absolute atomic E-state index is 0. The normalized spacial score (nSPS) is 12.6. The van der Waals surface area contributed by atoms with Crippen molar-refractivity contribution >= 4 is 29.9 Å². The summed E-state index contributed by atoms with van der Waals surface area (Å²) in [5.74, 6) is 1.86. The average Bonchev–Trinajstić information content (AvgIpc) is 2.99. The molecule has 0 saturated heterocycles. The first kappa shape index (κ1) is 23.5. The van der Waals surface area contributed by atoms with Gasteiger partial charge in [0.2, 0.25) is 0 Å². The van der Waals surface area contributed by atoms with Gasteiger partial charge >= 0.3 is 0 Å². The van der Waals surface area contributed by atoms with Crippen molar-refractivity contribution in [2.75, 3.05) is 20.6 Å². The number of halogens is 1. The number of rotatable bonds is 7. The highest BCUT2D eigenvalue weighted by molar-refractivity contribution is 14.0. The van der Waals surface area contributed by atoms with Gasteiger partial charge in [0.05, 0.1) is 5.69 Å². The van der Waals surface area contributed by atoms with Crippen molar-refractivity contribution in [2.24, 2.45) is 12.0 Å². The summed E-state index contributed by atoms with van der Waals surface area (Å²) in [5, 5.41) is 8.09. The van der Waals surface area contributed by atoms with Gasteiger partial charge in [0.25, 0.3) is 0 Å². The molecular weight excluding hydrogens is 449 g/mol. The van der Waals surface area contributed by atoms with Crippen LogP contribution in [0.5, 0.6) is 0 Å². The number of aryl methyl sites for hydroxylation is 1. The van der Waals surface area contributed by atoms with Crippen molar-refractivity contribution < 1.29 is 0 Å². The fraction of sp³-hybridized carbons (Fsp3) is 0.524. The molecule has 1 heterocycles. The number of nitrogens with zero attached hydrogens (tertiary/aromatic N) is 4. The maximum Gasteiger partial charge on any atom is 0.193 e. The van der Waals surface area contributed by atoms with E-state index in [4.69, 9.17) is 0 Å². The predicted molar refractivity (Wildman–Crippen MR) is 125 cm³/mol. The largest absolute Gasteiger partial charge is 0.356 e. The van der Waals surface area contributed by atoms with Gasteiger partial charge in [-0.3, -0.25) is 9.67 Å². The van der Waals surface area contributed by atoms with Crippen LogP contribution in [0.15, 0.2) is 41.5 Å². The number of aromatic nitrogens is 2. The van der Waals surface area contributed by atoms with E-state index in [-0.39, 0.29) is 24.0 Å². The molecule has 1 N–H and O–H groups in total. The van der Waals surface area contributed by atoms with E-state index >= 15 is 0 Å². The molecule has 0 aliphatic rings. The van der Waals surface area contributed by atoms with E-state index in [0.717, 1.165) is 31.2 Å². The molecule has 0 aliphatic heterocycles. The summed E-state index contributed by atoms with van der Waals surface area (Å²) in [7, 11) is 5.90. The van der Waals surface area contributed by atoms with Crippen LogP contribution >= 0.6 is 24.0 Å². The first-order chi connectivity index (χ1) is 12.4. The van der Waals surface area contributed by atoms with Crippen LogP contribution in [0.4, 0.5) is 0 Å². The number of aliphatic imine (C=N–C) groups is 1. The fourth-order valence-electron chi connectivity index (χ4n) is 3.23. The molecule has 0 saturated carbocycles. The molecule has 1 aromatic carbocycles. The van der Waals surface area contributed by atoms with Gasteiger partial charge in [0.15, 0.2) is 5.96 Å². The number of hydrogen-bond acceptors (Lipinski definition) is 2. The summed E-state index contributed by atoms with van der Waals surface area (Å²) in [6.07, 6.45) is 3.18. The predicted octanol–water partition coefficient (Wildman–Crippen LogP) is 4.36. The van der Waals surface area contributed by atoms with Crippen molar-refractivity contribution in [1.82, 2.24) is 20.0 Å². The number of hydrogen-bond donors (Lipinski definition) is 1. The summed E-state index contributed by atoms with van der Waals surface area (Å²) in [4.78, 5) is 6.60. The lowest BCUT2D eigenvalue weighted by molar-refractivity contribution is 0.470. The zero-order chi connectivity index (χ0) is 19.1. The van der Waals surface area contributed by atoms with Crippen molar-refractivity contribution in [3.8, 4) is 0 Å². The standard InChI is InChI=1S/C21H33N5.HI/c1-16(2)20-19(15-26(6)24-20)14-25(5)21(22-4)23-13-12-17(3)18-10-8-7-9-11-18;/h7-11,15-17H,12-14H2,1-6H3,(H,22,23);1H. The Morgan fingerprint density at radius 1 is 1.22 bits per heavy atom. The number of nitrogens with one attached hydrogen (secondary N) is 1. The van der Waals surface area contributed by atoms with Crippen LogP contribution in [0.3, 0.4) is 0 Å². The van der Waals surface area contributed by atoms with Crippen LogP contribution < -0.4 is 5.32 Å². The molecule has 0 spiro atoms. The summed E-state index contributed by atoms with van der Waals surface area (Å²) in [6.45, 7) is 8.34. The highest BCUT2D eigenvalue weighted by Crippen LogP contribution is 2.19. The van der Waals surface area contributed by atoms with E-state index in [9.17, 15) is 0 Å². The quantitative estimate of drug-likeness (QED) is 0.362. The van der Waals surface area contributed by atoms with Gasteiger partial charge in [0, 0.05) is 46.0 Å². The lowest BCUT2D eigenvalue weighted by Gasteiger charge is -2.23. The Morgan fingerprint density at radius 2 is 1.89 bits per heavy atom. The molecule has 2 aromatic rings. The molecule has 2 rings (SSSR count). The Hall–Kier alpha value is -1.57. The summed E-state index contributed by atoms with van der Waals surface area (Å²) < 4.78 is 1.90. The summed E-state index contributed by atoms with van der Waals surface area (Å²) >= 11 is 0. The molecule has 150 valence electrons. The third-order valence-electron chi connectivity index (χ3n) is 4.69. The molecule has 1 atom stereocenters. The topological polar surface area (TPSA) is 45.5 Å². The van der Waals surface area contributed by atoms with E-state index in [1.54, 1.807) is 0 Å². The highest BCUT2D eigenvalue weighted by Gasteiger charge is 2.15. The van der Waals surface area contributed by atoms with E-state index in [2.05, 4.69) is 84.7 Å². The molecule has 5 nitrogen and oxygen atoms in total. The van der Waals surface area contributed by atoms with Gasteiger partial charge in [-0.2, -0.15) is 5.10 Å². The van der Waals surface area contributed by atoms with E-state index < -0.39 is 0 Å². The molecule has 0 amide bonds. The third kappa shape index (κ3) is 6.83. The minimum atomic E-state index is 0. The fourth-order valence-corrected chi connectivity index (χ4v) is 3.23. The maximum atomic E-state index is 4.60. The number of benzene rings is 1. The average molecular weight is 483 g/mol. The van der Waals surface area contributed by atoms with Gasteiger partial charge in [-0.1, -0.05) is 51.1 Å². The van der Waals surface area contributed by atoms with Crippen molar-refractivity contribution in [1.29, 1.82) is 0 Å². The first-order valence-electron chi connectivity index (χ1n) is 9.41. The van der Waals surface area contributed by atoms with Crippen molar-refractivity contribution in [3.63, 3.8) is 0 Å². The Morgan fingerprint density at radius 3 is 2.48 bits per heavy atom. The first-order valence-corrected chi connectivity index (χ1v) is 9.41. The second kappa shape index (κ2) is 11.3. The zero-order valence-electron chi connectivity index (χ0n) is 17.4. The van der Waals surface area contributed by atoms with Gasteiger partial charge in [-0.15, -0.1) is 24.0 Å². The second-order valence-electron chi connectivity index (χ2n) is 7.30. The van der Waals surface area contributed by atoms with E-state index in [0.29, 0.717) is 11.8 Å². The molecule has 27 heavy (non-hydrogen) atoms. The van der Waals surface area contributed by atoms with Gasteiger partial charge in [-0.05, 0) is 23.8 Å². The van der Waals surface area contributed by atoms with Crippen LogP contribution in [0.2, 0.25) is 0 Å². The van der Waals surface area contributed by atoms with Crippen LogP contribution in [-0.2, 0) is 13.6 Å². The van der Waals surface area contributed by atoms with E-state index in [1.165, 1.54) is 11.1 Å². The van der Waals surface area contributed by atoms with E-state index in [1.807, 2.05) is 18.8 Å². The van der Waals surface area contributed by atoms with Gasteiger partial charge in [-0.25, -0.2) is 0 Å².